The average molecular weight is 213 g/mol. The molecule has 0 saturated carbocycles. The summed E-state index contributed by atoms with van der Waals surface area (Å²) in [4.78, 5) is 10.3. The molecule has 2 rings (SSSR count). The van der Waals surface area contributed by atoms with Gasteiger partial charge in [-0.3, -0.25) is 0 Å². The molecule has 0 heterocycles. The molecule has 0 amide bonds. The molecule has 0 unspecified atom stereocenters. The Balaban J connectivity index is 2.02. The van der Waals surface area contributed by atoms with E-state index in [1.54, 1.807) is 24.3 Å². The van der Waals surface area contributed by atoms with E-state index in [-0.39, 0.29) is 0 Å². The van der Waals surface area contributed by atoms with Crippen molar-refractivity contribution in [3.05, 3.63) is 65.1 Å². The third-order valence-corrected chi connectivity index (χ3v) is 2.17. The van der Waals surface area contributed by atoms with Gasteiger partial charge in [0.25, 0.3) is 0 Å². The summed E-state index contributed by atoms with van der Waals surface area (Å²) in [5.74, 6) is 0.654. The molecular formula is C13H11NO2. The molecule has 80 valence electrons. The van der Waals surface area contributed by atoms with Crippen molar-refractivity contribution in [2.75, 3.05) is 0 Å². The minimum atomic E-state index is 0.380. The van der Waals surface area contributed by atoms with Gasteiger partial charge in [0.1, 0.15) is 18.0 Å². The molecular weight excluding hydrogens is 202 g/mol. The maximum atomic E-state index is 10.3. The van der Waals surface area contributed by atoms with E-state index < -0.39 is 0 Å². The first-order valence-corrected chi connectivity index (χ1v) is 4.98. The van der Waals surface area contributed by atoms with E-state index in [9.17, 15) is 4.91 Å². The van der Waals surface area contributed by atoms with Gasteiger partial charge in [0.15, 0.2) is 0 Å². The number of hydrogen-bond donors (Lipinski definition) is 0. The molecule has 2 aromatic carbocycles. The van der Waals surface area contributed by atoms with Gasteiger partial charge < -0.3 is 4.74 Å². The highest BCUT2D eigenvalue weighted by molar-refractivity contribution is 5.42. The van der Waals surface area contributed by atoms with Gasteiger partial charge in [-0.05, 0) is 22.9 Å². The summed E-state index contributed by atoms with van der Waals surface area (Å²) in [6.07, 6.45) is 0. The van der Waals surface area contributed by atoms with Crippen molar-refractivity contribution < 1.29 is 4.74 Å². The standard InChI is InChI=1S/C13H11NO2/c15-14-12-7-4-8-13(9-12)16-10-11-5-2-1-3-6-11/h1-9H,10H2. The SMILES string of the molecule is O=Nc1cccc(OCc2ccccc2)c1. The highest BCUT2D eigenvalue weighted by atomic mass is 16.5. The largest absolute Gasteiger partial charge is 0.489 e. The van der Waals surface area contributed by atoms with Crippen molar-refractivity contribution in [2.45, 2.75) is 6.61 Å². The maximum absolute atomic E-state index is 10.3. The molecule has 0 bridgehead atoms. The summed E-state index contributed by atoms with van der Waals surface area (Å²) in [5, 5.41) is 2.86. The average Bonchev–Trinajstić information content (AvgIpc) is 2.38. The first-order valence-electron chi connectivity index (χ1n) is 4.98. The molecule has 0 fully saturated rings. The number of ether oxygens (including phenoxy) is 1. The first kappa shape index (κ1) is 10.4. The van der Waals surface area contributed by atoms with Gasteiger partial charge in [-0.1, -0.05) is 36.4 Å². The van der Waals surface area contributed by atoms with E-state index in [4.69, 9.17) is 4.74 Å². The van der Waals surface area contributed by atoms with Gasteiger partial charge in [-0.2, -0.15) is 0 Å². The van der Waals surface area contributed by atoms with Gasteiger partial charge in [0.2, 0.25) is 0 Å². The molecule has 0 saturated heterocycles. The van der Waals surface area contributed by atoms with Crippen LogP contribution in [-0.4, -0.2) is 0 Å². The zero-order valence-corrected chi connectivity index (χ0v) is 8.67. The summed E-state index contributed by atoms with van der Waals surface area (Å²) >= 11 is 0. The fourth-order valence-corrected chi connectivity index (χ4v) is 1.37. The quantitative estimate of drug-likeness (QED) is 0.727. The number of hydrogen-bond acceptors (Lipinski definition) is 3. The molecule has 0 atom stereocenters. The number of nitrogens with zero attached hydrogens (tertiary/aromatic N) is 1. The molecule has 0 spiro atoms. The van der Waals surface area contributed by atoms with Crippen LogP contribution in [0.25, 0.3) is 0 Å². The lowest BCUT2D eigenvalue weighted by atomic mass is 10.2. The summed E-state index contributed by atoms with van der Waals surface area (Å²) in [7, 11) is 0. The molecule has 16 heavy (non-hydrogen) atoms. The smallest absolute Gasteiger partial charge is 0.122 e. The zero-order chi connectivity index (χ0) is 11.2. The highest BCUT2D eigenvalue weighted by Crippen LogP contribution is 2.20. The second-order valence-electron chi connectivity index (χ2n) is 3.36. The van der Waals surface area contributed by atoms with Gasteiger partial charge in [-0.25, -0.2) is 0 Å². The van der Waals surface area contributed by atoms with E-state index in [2.05, 4.69) is 5.18 Å². The van der Waals surface area contributed by atoms with Gasteiger partial charge >= 0.3 is 0 Å². The molecule has 0 radical (unpaired) electrons. The van der Waals surface area contributed by atoms with Gasteiger partial charge in [-0.15, -0.1) is 4.91 Å². The minimum Gasteiger partial charge on any atom is -0.489 e. The monoisotopic (exact) mass is 213 g/mol. The second-order valence-corrected chi connectivity index (χ2v) is 3.36. The van der Waals surface area contributed by atoms with Crippen LogP contribution in [0.15, 0.2) is 59.8 Å². The zero-order valence-electron chi connectivity index (χ0n) is 8.67. The van der Waals surface area contributed by atoms with Crippen LogP contribution in [0.2, 0.25) is 0 Å². The number of rotatable bonds is 4. The van der Waals surface area contributed by atoms with Crippen molar-refractivity contribution in [1.82, 2.24) is 0 Å². The summed E-state index contributed by atoms with van der Waals surface area (Å²) in [6.45, 7) is 0.489. The maximum Gasteiger partial charge on any atom is 0.122 e. The predicted octanol–water partition coefficient (Wildman–Crippen LogP) is 3.66. The van der Waals surface area contributed by atoms with Crippen LogP contribution in [0.5, 0.6) is 5.75 Å². The molecule has 0 aliphatic carbocycles. The van der Waals surface area contributed by atoms with E-state index in [1.165, 1.54) is 0 Å². The number of nitroso groups, excluding NO2 is 1. The normalized spacial score (nSPS) is 9.75. The first-order chi connectivity index (χ1) is 7.88. The molecule has 3 heteroatoms. The van der Waals surface area contributed by atoms with Crippen molar-refractivity contribution in [3.63, 3.8) is 0 Å². The van der Waals surface area contributed by atoms with Crippen LogP contribution in [0, 0.1) is 4.91 Å². The van der Waals surface area contributed by atoms with Gasteiger partial charge in [0, 0.05) is 6.07 Å². The Kier molecular flexibility index (Phi) is 3.28. The van der Waals surface area contributed by atoms with Crippen molar-refractivity contribution in [1.29, 1.82) is 0 Å². The van der Waals surface area contributed by atoms with Gasteiger partial charge in [0.05, 0.1) is 0 Å². The molecule has 0 aromatic heterocycles. The topological polar surface area (TPSA) is 38.7 Å². The van der Waals surface area contributed by atoms with Crippen molar-refractivity contribution in [3.8, 4) is 5.75 Å². The van der Waals surface area contributed by atoms with Crippen LogP contribution >= 0.6 is 0 Å². The third kappa shape index (κ3) is 2.67. The van der Waals surface area contributed by atoms with E-state index in [1.807, 2.05) is 30.3 Å². The Morgan fingerprint density at radius 3 is 2.56 bits per heavy atom. The molecule has 0 N–H and O–H groups in total. The Morgan fingerprint density at radius 1 is 1.00 bits per heavy atom. The molecule has 0 aliphatic heterocycles. The molecule has 2 aromatic rings. The Labute approximate surface area is 93.7 Å². The highest BCUT2D eigenvalue weighted by Gasteiger charge is 1.97. The lowest BCUT2D eigenvalue weighted by Crippen LogP contribution is -1.94. The molecule has 0 aliphatic rings. The second kappa shape index (κ2) is 5.07. The Bertz CT molecular complexity index is 468. The van der Waals surface area contributed by atoms with Crippen LogP contribution in [-0.2, 0) is 6.61 Å². The predicted molar refractivity (Wildman–Crippen MR) is 62.7 cm³/mol. The number of benzene rings is 2. The lowest BCUT2D eigenvalue weighted by molar-refractivity contribution is 0.306. The van der Waals surface area contributed by atoms with Crippen LogP contribution < -0.4 is 4.74 Å². The summed E-state index contributed by atoms with van der Waals surface area (Å²) in [6, 6.07) is 16.7. The van der Waals surface area contributed by atoms with Crippen LogP contribution in [0.4, 0.5) is 5.69 Å². The lowest BCUT2D eigenvalue weighted by Gasteiger charge is -2.05. The Morgan fingerprint density at radius 2 is 1.81 bits per heavy atom. The fourth-order valence-electron chi connectivity index (χ4n) is 1.37. The van der Waals surface area contributed by atoms with Crippen LogP contribution in [0.1, 0.15) is 5.56 Å². The van der Waals surface area contributed by atoms with E-state index in [0.29, 0.717) is 18.0 Å². The third-order valence-electron chi connectivity index (χ3n) is 2.17. The Hall–Kier alpha value is -2.16. The van der Waals surface area contributed by atoms with E-state index in [0.717, 1.165) is 5.56 Å². The summed E-state index contributed by atoms with van der Waals surface area (Å²) < 4.78 is 5.54. The summed E-state index contributed by atoms with van der Waals surface area (Å²) in [5.41, 5.74) is 1.47. The van der Waals surface area contributed by atoms with Crippen molar-refractivity contribution in [2.24, 2.45) is 5.18 Å². The van der Waals surface area contributed by atoms with E-state index >= 15 is 0 Å². The fraction of sp³-hybridized carbons (Fsp3) is 0.0769. The van der Waals surface area contributed by atoms with Crippen molar-refractivity contribution >= 4 is 5.69 Å². The van der Waals surface area contributed by atoms with Crippen LogP contribution in [0.3, 0.4) is 0 Å². The molecule has 3 nitrogen and oxygen atoms in total. The minimum absolute atomic E-state index is 0.380.